The zero-order valence-corrected chi connectivity index (χ0v) is 11.3. The Bertz CT molecular complexity index is 461. The molecule has 1 aliphatic heterocycles. The van der Waals surface area contributed by atoms with Crippen molar-refractivity contribution >= 4 is 5.91 Å². The molecule has 0 atom stereocenters. The molecule has 1 N–H and O–H groups in total. The SMILES string of the molecule is CCCN(C(=O)c1ccc(OC)c(F)c1)C1CNC1. The maximum atomic E-state index is 13.6. The van der Waals surface area contributed by atoms with E-state index in [1.54, 1.807) is 6.07 Å². The molecular formula is C14H19FN2O2. The molecule has 2 rings (SSSR count). The zero-order valence-electron chi connectivity index (χ0n) is 11.3. The summed E-state index contributed by atoms with van der Waals surface area (Å²) in [5.41, 5.74) is 0.374. The topological polar surface area (TPSA) is 41.6 Å². The number of nitrogens with zero attached hydrogens (tertiary/aromatic N) is 1. The number of halogens is 1. The van der Waals surface area contributed by atoms with Gasteiger partial charge in [0.2, 0.25) is 0 Å². The predicted molar refractivity (Wildman–Crippen MR) is 70.9 cm³/mol. The number of benzene rings is 1. The third kappa shape index (κ3) is 2.87. The van der Waals surface area contributed by atoms with Gasteiger partial charge in [-0.15, -0.1) is 0 Å². The number of ether oxygens (including phenoxy) is 1. The third-order valence-corrected chi connectivity index (χ3v) is 3.32. The van der Waals surface area contributed by atoms with E-state index in [9.17, 15) is 9.18 Å². The fourth-order valence-corrected chi connectivity index (χ4v) is 2.15. The summed E-state index contributed by atoms with van der Waals surface area (Å²) in [7, 11) is 1.41. The van der Waals surface area contributed by atoms with Gasteiger partial charge in [0.15, 0.2) is 11.6 Å². The quantitative estimate of drug-likeness (QED) is 0.881. The second-order valence-electron chi connectivity index (χ2n) is 4.66. The van der Waals surface area contributed by atoms with Gasteiger partial charge in [0.1, 0.15) is 0 Å². The van der Waals surface area contributed by atoms with Gasteiger partial charge >= 0.3 is 0 Å². The van der Waals surface area contributed by atoms with Crippen LogP contribution in [0.5, 0.6) is 5.75 Å². The molecule has 5 heteroatoms. The van der Waals surface area contributed by atoms with Gasteiger partial charge in [0.25, 0.3) is 5.91 Å². The molecule has 104 valence electrons. The number of hydrogen-bond acceptors (Lipinski definition) is 3. The first kappa shape index (κ1) is 13.8. The predicted octanol–water partition coefficient (Wildman–Crippen LogP) is 1.66. The maximum Gasteiger partial charge on any atom is 0.254 e. The Kier molecular flexibility index (Phi) is 4.37. The van der Waals surface area contributed by atoms with Crippen LogP contribution in [0.1, 0.15) is 23.7 Å². The van der Waals surface area contributed by atoms with E-state index in [0.717, 1.165) is 19.5 Å². The number of methoxy groups -OCH3 is 1. The van der Waals surface area contributed by atoms with Gasteiger partial charge in [0.05, 0.1) is 13.2 Å². The smallest absolute Gasteiger partial charge is 0.254 e. The van der Waals surface area contributed by atoms with Crippen LogP contribution in [0.25, 0.3) is 0 Å². The van der Waals surface area contributed by atoms with E-state index in [0.29, 0.717) is 12.1 Å². The molecule has 0 aromatic heterocycles. The molecule has 0 bridgehead atoms. The lowest BCUT2D eigenvalue weighted by atomic mass is 10.1. The molecule has 19 heavy (non-hydrogen) atoms. The standard InChI is InChI=1S/C14H19FN2O2/c1-3-6-17(11-8-16-9-11)14(18)10-4-5-13(19-2)12(15)7-10/h4-5,7,11,16H,3,6,8-9H2,1-2H3. The highest BCUT2D eigenvalue weighted by atomic mass is 19.1. The van der Waals surface area contributed by atoms with Gasteiger partial charge in [0, 0.05) is 25.2 Å². The van der Waals surface area contributed by atoms with Crippen molar-refractivity contribution in [1.29, 1.82) is 0 Å². The van der Waals surface area contributed by atoms with Gasteiger partial charge in [-0.05, 0) is 24.6 Å². The highest BCUT2D eigenvalue weighted by molar-refractivity contribution is 5.94. The van der Waals surface area contributed by atoms with Crippen LogP contribution in [-0.4, -0.2) is 43.6 Å². The van der Waals surface area contributed by atoms with Crippen molar-refractivity contribution < 1.29 is 13.9 Å². The van der Waals surface area contributed by atoms with Gasteiger partial charge in [-0.2, -0.15) is 0 Å². The number of carbonyl (C=O) groups is 1. The van der Waals surface area contributed by atoms with Crippen LogP contribution in [0.15, 0.2) is 18.2 Å². The highest BCUT2D eigenvalue weighted by Gasteiger charge is 2.28. The molecule has 0 radical (unpaired) electrons. The molecule has 1 saturated heterocycles. The Hall–Kier alpha value is -1.62. The number of nitrogens with one attached hydrogen (secondary N) is 1. The highest BCUT2D eigenvalue weighted by Crippen LogP contribution is 2.20. The minimum atomic E-state index is -0.503. The average molecular weight is 266 g/mol. The first-order chi connectivity index (χ1) is 9.17. The Morgan fingerprint density at radius 1 is 1.53 bits per heavy atom. The van der Waals surface area contributed by atoms with Crippen molar-refractivity contribution in [3.05, 3.63) is 29.6 Å². The van der Waals surface area contributed by atoms with Crippen molar-refractivity contribution in [2.75, 3.05) is 26.7 Å². The maximum absolute atomic E-state index is 13.6. The summed E-state index contributed by atoms with van der Waals surface area (Å²) in [4.78, 5) is 14.2. The van der Waals surface area contributed by atoms with Crippen molar-refractivity contribution in [2.24, 2.45) is 0 Å². The van der Waals surface area contributed by atoms with Crippen molar-refractivity contribution in [2.45, 2.75) is 19.4 Å². The Morgan fingerprint density at radius 2 is 2.26 bits per heavy atom. The van der Waals surface area contributed by atoms with Crippen LogP contribution < -0.4 is 10.1 Å². The van der Waals surface area contributed by atoms with Crippen molar-refractivity contribution in [3.63, 3.8) is 0 Å². The first-order valence-corrected chi connectivity index (χ1v) is 6.52. The van der Waals surface area contributed by atoms with Crippen LogP contribution in [0.4, 0.5) is 4.39 Å². The van der Waals surface area contributed by atoms with Crippen LogP contribution in [0, 0.1) is 5.82 Å². The Morgan fingerprint density at radius 3 is 2.74 bits per heavy atom. The number of carbonyl (C=O) groups excluding carboxylic acids is 1. The number of hydrogen-bond donors (Lipinski definition) is 1. The van der Waals surface area contributed by atoms with Crippen molar-refractivity contribution in [3.8, 4) is 5.75 Å². The van der Waals surface area contributed by atoms with E-state index >= 15 is 0 Å². The normalized spacial score (nSPS) is 14.9. The van der Waals surface area contributed by atoms with Crippen LogP contribution >= 0.6 is 0 Å². The fourth-order valence-electron chi connectivity index (χ4n) is 2.15. The second kappa shape index (κ2) is 6.02. The van der Waals surface area contributed by atoms with E-state index in [4.69, 9.17) is 4.74 Å². The van der Waals surface area contributed by atoms with Gasteiger partial charge < -0.3 is 15.0 Å². The molecule has 1 aromatic rings. The van der Waals surface area contributed by atoms with Gasteiger partial charge in [-0.3, -0.25) is 4.79 Å². The van der Waals surface area contributed by atoms with Crippen LogP contribution in [0.2, 0.25) is 0 Å². The van der Waals surface area contributed by atoms with Crippen molar-refractivity contribution in [1.82, 2.24) is 10.2 Å². The monoisotopic (exact) mass is 266 g/mol. The van der Waals surface area contributed by atoms with Crippen LogP contribution in [0.3, 0.4) is 0 Å². The Balaban J connectivity index is 2.18. The molecule has 1 aromatic carbocycles. The number of rotatable bonds is 5. The fraction of sp³-hybridized carbons (Fsp3) is 0.500. The Labute approximate surface area is 112 Å². The second-order valence-corrected chi connectivity index (χ2v) is 4.66. The minimum absolute atomic E-state index is 0.116. The lowest BCUT2D eigenvalue weighted by Gasteiger charge is -2.38. The van der Waals surface area contributed by atoms with E-state index in [1.807, 2.05) is 11.8 Å². The summed E-state index contributed by atoms with van der Waals surface area (Å²) < 4.78 is 18.5. The van der Waals surface area contributed by atoms with E-state index in [2.05, 4.69) is 5.32 Å². The molecule has 0 unspecified atom stereocenters. The summed E-state index contributed by atoms with van der Waals surface area (Å²) >= 11 is 0. The zero-order chi connectivity index (χ0) is 13.8. The summed E-state index contributed by atoms with van der Waals surface area (Å²) in [5, 5.41) is 3.15. The van der Waals surface area contributed by atoms with E-state index < -0.39 is 5.82 Å². The van der Waals surface area contributed by atoms with Gasteiger partial charge in [-0.1, -0.05) is 6.92 Å². The molecule has 1 aliphatic rings. The largest absolute Gasteiger partial charge is 0.494 e. The first-order valence-electron chi connectivity index (χ1n) is 6.52. The average Bonchev–Trinajstić information content (AvgIpc) is 2.35. The van der Waals surface area contributed by atoms with Crippen LogP contribution in [-0.2, 0) is 0 Å². The van der Waals surface area contributed by atoms with Gasteiger partial charge in [-0.25, -0.2) is 4.39 Å². The third-order valence-electron chi connectivity index (χ3n) is 3.32. The summed E-state index contributed by atoms with van der Waals surface area (Å²) in [5.74, 6) is -0.463. The summed E-state index contributed by atoms with van der Waals surface area (Å²) in [6.07, 6.45) is 0.890. The molecule has 0 saturated carbocycles. The molecule has 1 heterocycles. The lowest BCUT2D eigenvalue weighted by molar-refractivity contribution is 0.0615. The minimum Gasteiger partial charge on any atom is -0.494 e. The molecule has 0 spiro atoms. The molecule has 1 fully saturated rings. The lowest BCUT2D eigenvalue weighted by Crippen LogP contribution is -2.59. The molecule has 4 nitrogen and oxygen atoms in total. The number of amides is 1. The van der Waals surface area contributed by atoms with E-state index in [1.165, 1.54) is 19.2 Å². The summed E-state index contributed by atoms with van der Waals surface area (Å²) in [6.45, 7) is 4.34. The molecular weight excluding hydrogens is 247 g/mol. The van der Waals surface area contributed by atoms with E-state index in [-0.39, 0.29) is 17.7 Å². The molecule has 1 amide bonds. The molecule has 0 aliphatic carbocycles. The summed E-state index contributed by atoms with van der Waals surface area (Å²) in [6, 6.07) is 4.57.